The molecule has 2 fully saturated rings. The van der Waals surface area contributed by atoms with Crippen molar-refractivity contribution in [2.24, 2.45) is 17.8 Å². The van der Waals surface area contributed by atoms with Crippen molar-refractivity contribution in [3.63, 3.8) is 0 Å². The van der Waals surface area contributed by atoms with Gasteiger partial charge in [-0.05, 0) is 34.1 Å². The summed E-state index contributed by atoms with van der Waals surface area (Å²) in [5.74, 6) is -0.790. The van der Waals surface area contributed by atoms with Crippen molar-refractivity contribution < 1.29 is 19.4 Å². The summed E-state index contributed by atoms with van der Waals surface area (Å²) in [5.41, 5.74) is 4.76. The van der Waals surface area contributed by atoms with Crippen LogP contribution in [0.25, 0.3) is 11.1 Å². The van der Waals surface area contributed by atoms with Crippen LogP contribution in [-0.4, -0.2) is 41.8 Å². The number of carbonyl (C=O) groups is 2. The summed E-state index contributed by atoms with van der Waals surface area (Å²) >= 11 is 0. The highest BCUT2D eigenvalue weighted by atomic mass is 16.6. The second-order valence-electron chi connectivity index (χ2n) is 8.86. The summed E-state index contributed by atoms with van der Waals surface area (Å²) in [5, 5.41) is 9.69. The van der Waals surface area contributed by atoms with Gasteiger partial charge in [0.25, 0.3) is 0 Å². The van der Waals surface area contributed by atoms with E-state index in [1.165, 1.54) is 35.1 Å². The van der Waals surface area contributed by atoms with E-state index in [2.05, 4.69) is 24.3 Å². The molecule has 2 aliphatic carbocycles. The number of rotatable bonds is 4. The van der Waals surface area contributed by atoms with Gasteiger partial charge in [0.2, 0.25) is 0 Å². The highest BCUT2D eigenvalue weighted by Gasteiger charge is 2.44. The van der Waals surface area contributed by atoms with Crippen molar-refractivity contribution in [1.82, 2.24) is 4.90 Å². The zero-order chi connectivity index (χ0) is 20.7. The fourth-order valence-electron chi connectivity index (χ4n) is 5.79. The molecule has 1 amide bonds. The third kappa shape index (κ3) is 3.26. The summed E-state index contributed by atoms with van der Waals surface area (Å²) in [4.78, 5) is 26.3. The van der Waals surface area contributed by atoms with Crippen LogP contribution in [0.3, 0.4) is 0 Å². The van der Waals surface area contributed by atoms with Crippen LogP contribution in [0.1, 0.15) is 42.7 Å². The molecule has 1 aliphatic heterocycles. The van der Waals surface area contributed by atoms with Gasteiger partial charge in [0.05, 0.1) is 5.92 Å². The maximum atomic E-state index is 12.9. The first-order valence-corrected chi connectivity index (χ1v) is 11.0. The number of likely N-dealkylation sites (tertiary alicyclic amines) is 1. The second-order valence-corrected chi connectivity index (χ2v) is 8.86. The quantitative estimate of drug-likeness (QED) is 0.797. The molecular formula is C25H27NO4. The van der Waals surface area contributed by atoms with Crippen LogP contribution in [0, 0.1) is 17.8 Å². The Kier molecular flexibility index (Phi) is 4.97. The molecule has 0 radical (unpaired) electrons. The predicted octanol–water partition coefficient (Wildman–Crippen LogP) is 4.76. The van der Waals surface area contributed by atoms with Gasteiger partial charge in [-0.3, -0.25) is 4.79 Å². The molecule has 5 heteroatoms. The number of amides is 1. The lowest BCUT2D eigenvalue weighted by Crippen LogP contribution is -2.31. The molecule has 2 unspecified atom stereocenters. The number of aliphatic carboxylic acids is 1. The molecule has 5 rings (SSSR count). The van der Waals surface area contributed by atoms with Crippen molar-refractivity contribution in [1.29, 1.82) is 0 Å². The van der Waals surface area contributed by atoms with Gasteiger partial charge in [-0.2, -0.15) is 0 Å². The van der Waals surface area contributed by atoms with E-state index in [0.717, 1.165) is 12.8 Å². The Labute approximate surface area is 176 Å². The summed E-state index contributed by atoms with van der Waals surface area (Å²) in [7, 11) is 0. The average molecular weight is 405 g/mol. The SMILES string of the molecule is O=C(O)C1CN(C(=O)OCC2c3ccccc3-c3ccccc32)CC1C1CCCC1. The first kappa shape index (κ1) is 19.2. The maximum absolute atomic E-state index is 12.9. The molecule has 30 heavy (non-hydrogen) atoms. The predicted molar refractivity (Wildman–Crippen MR) is 113 cm³/mol. The number of fused-ring (bicyclic) bond motifs is 3. The third-order valence-electron chi connectivity index (χ3n) is 7.28. The minimum Gasteiger partial charge on any atom is -0.481 e. The Hall–Kier alpha value is -2.82. The summed E-state index contributed by atoms with van der Waals surface area (Å²) in [6.07, 6.45) is 4.10. The van der Waals surface area contributed by atoms with Crippen molar-refractivity contribution in [2.45, 2.75) is 31.6 Å². The third-order valence-corrected chi connectivity index (χ3v) is 7.28. The number of carboxylic acid groups (broad SMARTS) is 1. The lowest BCUT2D eigenvalue weighted by molar-refractivity contribution is -0.143. The molecule has 1 saturated heterocycles. The number of carbonyl (C=O) groups excluding carboxylic acids is 1. The first-order valence-electron chi connectivity index (χ1n) is 11.0. The smallest absolute Gasteiger partial charge is 0.409 e. The van der Waals surface area contributed by atoms with E-state index >= 15 is 0 Å². The number of hydrogen-bond donors (Lipinski definition) is 1. The van der Waals surface area contributed by atoms with Crippen LogP contribution >= 0.6 is 0 Å². The van der Waals surface area contributed by atoms with E-state index in [0.29, 0.717) is 12.5 Å². The molecule has 0 aromatic heterocycles. The molecule has 0 spiro atoms. The van der Waals surface area contributed by atoms with Crippen molar-refractivity contribution in [3.8, 4) is 11.1 Å². The highest BCUT2D eigenvalue weighted by Crippen LogP contribution is 2.45. The van der Waals surface area contributed by atoms with Gasteiger partial charge in [-0.1, -0.05) is 74.2 Å². The van der Waals surface area contributed by atoms with Crippen LogP contribution in [0.2, 0.25) is 0 Å². The Morgan fingerprint density at radius 2 is 1.53 bits per heavy atom. The van der Waals surface area contributed by atoms with Crippen LogP contribution in [0.5, 0.6) is 0 Å². The van der Waals surface area contributed by atoms with Crippen LogP contribution in [0.4, 0.5) is 4.79 Å². The van der Waals surface area contributed by atoms with E-state index < -0.39 is 11.9 Å². The molecule has 3 aliphatic rings. The molecule has 0 bridgehead atoms. The zero-order valence-corrected chi connectivity index (χ0v) is 17.0. The monoisotopic (exact) mass is 405 g/mol. The van der Waals surface area contributed by atoms with Crippen LogP contribution < -0.4 is 0 Å². The van der Waals surface area contributed by atoms with Gasteiger partial charge >= 0.3 is 12.1 Å². The Bertz CT molecular complexity index is 920. The van der Waals surface area contributed by atoms with E-state index in [1.807, 2.05) is 24.3 Å². The molecule has 1 heterocycles. The lowest BCUT2D eigenvalue weighted by atomic mass is 9.83. The first-order chi connectivity index (χ1) is 14.6. The Morgan fingerprint density at radius 1 is 0.933 bits per heavy atom. The Morgan fingerprint density at radius 3 is 2.13 bits per heavy atom. The van der Waals surface area contributed by atoms with Crippen LogP contribution in [-0.2, 0) is 9.53 Å². The molecule has 2 aromatic rings. The molecule has 1 saturated carbocycles. The number of benzene rings is 2. The zero-order valence-electron chi connectivity index (χ0n) is 17.0. The van der Waals surface area contributed by atoms with E-state index in [1.54, 1.807) is 4.90 Å². The molecule has 1 N–H and O–H groups in total. The van der Waals surface area contributed by atoms with Gasteiger partial charge in [0, 0.05) is 19.0 Å². The molecule has 2 atom stereocenters. The average Bonchev–Trinajstić information content (AvgIpc) is 3.49. The second kappa shape index (κ2) is 7.78. The van der Waals surface area contributed by atoms with Gasteiger partial charge in [-0.25, -0.2) is 4.79 Å². The Balaban J connectivity index is 1.29. The largest absolute Gasteiger partial charge is 0.481 e. The normalized spacial score (nSPS) is 23.4. The fourth-order valence-corrected chi connectivity index (χ4v) is 5.79. The van der Waals surface area contributed by atoms with Crippen LogP contribution in [0.15, 0.2) is 48.5 Å². The lowest BCUT2D eigenvalue weighted by Gasteiger charge is -2.22. The maximum Gasteiger partial charge on any atom is 0.409 e. The van der Waals surface area contributed by atoms with Gasteiger partial charge in [0.15, 0.2) is 0 Å². The van der Waals surface area contributed by atoms with E-state index in [9.17, 15) is 14.7 Å². The standard InChI is InChI=1S/C25H27NO4/c27-24(28)22-14-26(13-21(22)16-7-1-2-8-16)25(29)30-15-23-19-11-5-3-9-17(19)18-10-4-6-12-20(18)23/h3-6,9-12,16,21-23H,1-2,7-8,13-15H2,(H,27,28). The van der Waals surface area contributed by atoms with E-state index in [4.69, 9.17) is 4.74 Å². The highest BCUT2D eigenvalue weighted by molar-refractivity contribution is 5.79. The molecular weight excluding hydrogens is 378 g/mol. The van der Waals surface area contributed by atoms with Crippen molar-refractivity contribution in [3.05, 3.63) is 59.7 Å². The molecule has 2 aromatic carbocycles. The van der Waals surface area contributed by atoms with Gasteiger partial charge in [0.1, 0.15) is 6.61 Å². The number of nitrogens with zero attached hydrogens (tertiary/aromatic N) is 1. The fraction of sp³-hybridized carbons (Fsp3) is 0.440. The topological polar surface area (TPSA) is 66.8 Å². The van der Waals surface area contributed by atoms with Gasteiger partial charge in [-0.15, -0.1) is 0 Å². The minimum atomic E-state index is -0.791. The summed E-state index contributed by atoms with van der Waals surface area (Å²) in [6, 6.07) is 16.5. The summed E-state index contributed by atoms with van der Waals surface area (Å²) < 4.78 is 5.76. The summed E-state index contributed by atoms with van der Waals surface area (Å²) in [6.45, 7) is 1.03. The molecule has 5 nitrogen and oxygen atoms in total. The number of carboxylic acids is 1. The van der Waals surface area contributed by atoms with E-state index in [-0.39, 0.29) is 31.1 Å². The number of ether oxygens (including phenoxy) is 1. The van der Waals surface area contributed by atoms with Crippen molar-refractivity contribution in [2.75, 3.05) is 19.7 Å². The van der Waals surface area contributed by atoms with Gasteiger partial charge < -0.3 is 14.7 Å². The molecule has 156 valence electrons. The minimum absolute atomic E-state index is 0.0184. The van der Waals surface area contributed by atoms with Crippen molar-refractivity contribution >= 4 is 12.1 Å². The number of hydrogen-bond acceptors (Lipinski definition) is 3.